The number of para-hydroxylation sites is 3. The van der Waals surface area contributed by atoms with Crippen LogP contribution < -0.4 is 9.47 Å². The van der Waals surface area contributed by atoms with Gasteiger partial charge >= 0.3 is 0 Å². The highest BCUT2D eigenvalue weighted by Gasteiger charge is 2.29. The third kappa shape index (κ3) is 3.43. The highest BCUT2D eigenvalue weighted by atomic mass is 16.7. The van der Waals surface area contributed by atoms with Crippen LogP contribution >= 0.6 is 0 Å². The van der Waals surface area contributed by atoms with Crippen molar-refractivity contribution < 1.29 is 9.47 Å². The average molecular weight is 412 g/mol. The van der Waals surface area contributed by atoms with Crippen molar-refractivity contribution >= 4 is 11.0 Å². The van der Waals surface area contributed by atoms with Crippen LogP contribution in [0.2, 0.25) is 0 Å². The minimum Gasteiger partial charge on any atom is -0.454 e. The van der Waals surface area contributed by atoms with Gasteiger partial charge in [-0.15, -0.1) is 0 Å². The number of nitrogens with one attached hydrogen (secondary N) is 1. The zero-order chi connectivity index (χ0) is 20.6. The number of aryl methyl sites for hydroxylation is 1. The smallest absolute Gasteiger partial charge is 0.231 e. The summed E-state index contributed by atoms with van der Waals surface area (Å²) in [6, 6.07) is 18.8. The molecule has 4 aromatic rings. The van der Waals surface area contributed by atoms with Gasteiger partial charge in [0.15, 0.2) is 11.5 Å². The summed E-state index contributed by atoms with van der Waals surface area (Å²) in [6.45, 7) is 1.73. The average Bonchev–Trinajstić information content (AvgIpc) is 3.45. The topological polar surface area (TPSA) is 63.3 Å². The van der Waals surface area contributed by atoms with E-state index in [4.69, 9.17) is 19.4 Å². The van der Waals surface area contributed by atoms with Gasteiger partial charge in [0.05, 0.1) is 29.3 Å². The van der Waals surface area contributed by atoms with Crippen LogP contribution in [0.5, 0.6) is 11.5 Å². The number of nitrogens with zero attached hydrogens (tertiary/aromatic N) is 3. The third-order valence-corrected chi connectivity index (χ3v) is 6.25. The zero-order valence-electron chi connectivity index (χ0n) is 17.3. The number of H-pyrrole nitrogens is 1. The van der Waals surface area contributed by atoms with E-state index in [0.29, 0.717) is 6.54 Å². The van der Waals surface area contributed by atoms with Gasteiger partial charge in [0.2, 0.25) is 6.79 Å². The molecule has 1 aliphatic heterocycles. The van der Waals surface area contributed by atoms with Crippen molar-refractivity contribution in [3.63, 3.8) is 0 Å². The van der Waals surface area contributed by atoms with Crippen molar-refractivity contribution in [2.75, 3.05) is 6.79 Å². The molecule has 2 aliphatic rings. The number of aromatic amines is 1. The van der Waals surface area contributed by atoms with E-state index in [2.05, 4.69) is 28.1 Å². The van der Waals surface area contributed by atoms with Crippen LogP contribution in [0.4, 0.5) is 0 Å². The van der Waals surface area contributed by atoms with E-state index in [0.717, 1.165) is 59.7 Å². The fourth-order valence-electron chi connectivity index (χ4n) is 4.82. The van der Waals surface area contributed by atoms with E-state index in [9.17, 15) is 0 Å². The van der Waals surface area contributed by atoms with Crippen LogP contribution in [-0.4, -0.2) is 26.6 Å². The molecule has 2 aromatic heterocycles. The molecule has 6 nitrogen and oxygen atoms in total. The molecule has 1 unspecified atom stereocenters. The summed E-state index contributed by atoms with van der Waals surface area (Å²) in [5.74, 6) is 2.64. The molecule has 3 heterocycles. The van der Waals surface area contributed by atoms with E-state index in [1.54, 1.807) is 0 Å². The lowest BCUT2D eigenvalue weighted by molar-refractivity contribution is 0.148. The van der Waals surface area contributed by atoms with Gasteiger partial charge in [0.1, 0.15) is 5.82 Å². The Kier molecular flexibility index (Phi) is 4.57. The molecule has 31 heavy (non-hydrogen) atoms. The maximum Gasteiger partial charge on any atom is 0.231 e. The molecule has 0 saturated carbocycles. The lowest BCUT2D eigenvalue weighted by Gasteiger charge is -2.34. The van der Waals surface area contributed by atoms with Crippen molar-refractivity contribution in [1.82, 2.24) is 19.9 Å². The van der Waals surface area contributed by atoms with E-state index < -0.39 is 0 Å². The fraction of sp³-hybridized carbons (Fsp3) is 0.280. The molecule has 2 aromatic carbocycles. The van der Waals surface area contributed by atoms with Crippen molar-refractivity contribution in [2.24, 2.45) is 0 Å². The summed E-state index contributed by atoms with van der Waals surface area (Å²) < 4.78 is 11.4. The van der Waals surface area contributed by atoms with E-state index in [1.165, 1.54) is 11.3 Å². The Morgan fingerprint density at radius 3 is 2.94 bits per heavy atom. The summed E-state index contributed by atoms with van der Waals surface area (Å²) in [5, 5.41) is 0. The number of rotatable bonds is 5. The number of pyridine rings is 1. The van der Waals surface area contributed by atoms with Crippen LogP contribution in [0, 0.1) is 0 Å². The minimum atomic E-state index is 0.233. The van der Waals surface area contributed by atoms with Gasteiger partial charge in [0, 0.05) is 18.3 Å². The molecule has 1 aliphatic carbocycles. The van der Waals surface area contributed by atoms with Crippen LogP contribution in [0.3, 0.4) is 0 Å². The van der Waals surface area contributed by atoms with Crippen molar-refractivity contribution in [3.8, 4) is 11.5 Å². The van der Waals surface area contributed by atoms with Crippen LogP contribution in [-0.2, 0) is 19.5 Å². The van der Waals surface area contributed by atoms with Gasteiger partial charge in [-0.05, 0) is 49.1 Å². The Morgan fingerprint density at radius 1 is 1.00 bits per heavy atom. The van der Waals surface area contributed by atoms with E-state index in [-0.39, 0.29) is 12.8 Å². The lowest BCUT2D eigenvalue weighted by atomic mass is 9.90. The summed E-state index contributed by atoms with van der Waals surface area (Å²) in [5.41, 5.74) is 5.74. The SMILES string of the molecule is c1cnc2c(c1)CCCC2N(Cc1nc2ccccc2[nH]1)Cc1cccc2c1OCO2. The first kappa shape index (κ1) is 18.4. The Morgan fingerprint density at radius 2 is 1.97 bits per heavy atom. The molecule has 0 spiro atoms. The molecular weight excluding hydrogens is 388 g/mol. The summed E-state index contributed by atoms with van der Waals surface area (Å²) in [7, 11) is 0. The highest BCUT2D eigenvalue weighted by Crippen LogP contribution is 2.39. The van der Waals surface area contributed by atoms with Gasteiger partial charge < -0.3 is 14.5 Å². The Labute approximate surface area is 180 Å². The fourth-order valence-corrected chi connectivity index (χ4v) is 4.82. The lowest BCUT2D eigenvalue weighted by Crippen LogP contribution is -2.32. The summed E-state index contributed by atoms with van der Waals surface area (Å²) >= 11 is 0. The maximum atomic E-state index is 5.80. The number of hydrogen-bond donors (Lipinski definition) is 1. The second-order valence-electron chi connectivity index (χ2n) is 8.21. The molecule has 1 N–H and O–H groups in total. The number of aromatic nitrogens is 3. The van der Waals surface area contributed by atoms with E-state index >= 15 is 0 Å². The van der Waals surface area contributed by atoms with Crippen molar-refractivity contribution in [2.45, 2.75) is 38.4 Å². The normalized spacial score (nSPS) is 17.3. The summed E-state index contributed by atoms with van der Waals surface area (Å²) in [4.78, 5) is 15.6. The standard InChI is InChI=1S/C25H24N4O2/c1-2-10-20-19(9-1)27-23(28-20)15-29(14-18-7-4-12-22-25(18)31-16-30-22)21-11-3-6-17-8-5-13-26-24(17)21/h1-2,4-5,7-10,12-13,21H,3,6,11,14-16H2,(H,27,28). The van der Waals surface area contributed by atoms with Crippen LogP contribution in [0.1, 0.15) is 41.5 Å². The molecule has 0 fully saturated rings. The molecule has 6 rings (SSSR count). The first-order valence-electron chi connectivity index (χ1n) is 10.8. The Hall–Kier alpha value is -3.38. The van der Waals surface area contributed by atoms with Gasteiger partial charge in [-0.2, -0.15) is 0 Å². The number of imidazole rings is 1. The first-order valence-corrected chi connectivity index (χ1v) is 10.8. The van der Waals surface area contributed by atoms with Gasteiger partial charge in [-0.25, -0.2) is 4.98 Å². The highest BCUT2D eigenvalue weighted by molar-refractivity contribution is 5.74. The number of fused-ring (bicyclic) bond motifs is 3. The van der Waals surface area contributed by atoms with Gasteiger partial charge in [-0.3, -0.25) is 9.88 Å². The molecule has 0 radical (unpaired) electrons. The first-order chi connectivity index (χ1) is 15.3. The van der Waals surface area contributed by atoms with Crippen molar-refractivity contribution in [1.29, 1.82) is 0 Å². The molecule has 156 valence electrons. The molecule has 6 heteroatoms. The van der Waals surface area contributed by atoms with Gasteiger partial charge in [-0.1, -0.05) is 30.3 Å². The largest absolute Gasteiger partial charge is 0.454 e. The number of benzene rings is 2. The summed E-state index contributed by atoms with van der Waals surface area (Å²) in [6.07, 6.45) is 5.24. The molecule has 1 atom stereocenters. The van der Waals surface area contributed by atoms with Gasteiger partial charge in [0.25, 0.3) is 0 Å². The Bertz CT molecular complexity index is 1200. The molecule has 0 amide bonds. The van der Waals surface area contributed by atoms with Crippen molar-refractivity contribution in [3.05, 3.63) is 83.4 Å². The van der Waals surface area contributed by atoms with Crippen LogP contribution in [0.15, 0.2) is 60.8 Å². The quantitative estimate of drug-likeness (QED) is 0.512. The zero-order valence-corrected chi connectivity index (χ0v) is 17.3. The third-order valence-electron chi connectivity index (χ3n) is 6.25. The molecule has 0 bridgehead atoms. The second kappa shape index (κ2) is 7.71. The Balaban J connectivity index is 1.38. The maximum absolute atomic E-state index is 5.80. The predicted octanol–water partition coefficient (Wildman–Crippen LogP) is 4.77. The second-order valence-corrected chi connectivity index (χ2v) is 8.21. The monoisotopic (exact) mass is 412 g/mol. The predicted molar refractivity (Wildman–Crippen MR) is 118 cm³/mol. The molecule has 0 saturated heterocycles. The van der Waals surface area contributed by atoms with E-state index in [1.807, 2.05) is 42.6 Å². The number of hydrogen-bond acceptors (Lipinski definition) is 5. The van der Waals surface area contributed by atoms with Crippen LogP contribution in [0.25, 0.3) is 11.0 Å². The number of ether oxygens (including phenoxy) is 2. The molecular formula is C25H24N4O2. The minimum absolute atomic E-state index is 0.233.